The minimum atomic E-state index is -0.133. The first-order valence-corrected chi connectivity index (χ1v) is 21.6. The molecule has 0 N–H and O–H groups in total. The summed E-state index contributed by atoms with van der Waals surface area (Å²) >= 11 is 0. The zero-order chi connectivity index (χ0) is 40.8. The second-order valence-electron chi connectivity index (χ2n) is 17.3. The summed E-state index contributed by atoms with van der Waals surface area (Å²) in [6, 6.07) is 69.9. The first kappa shape index (κ1) is 34.0. The van der Waals surface area contributed by atoms with Gasteiger partial charge in [-0.15, -0.1) is 0 Å². The molecule has 4 heteroatoms. The highest BCUT2D eigenvalue weighted by atomic mass is 16.3. The summed E-state index contributed by atoms with van der Waals surface area (Å²) in [6.07, 6.45) is 0. The Morgan fingerprint density at radius 3 is 1.34 bits per heavy atom. The van der Waals surface area contributed by atoms with Crippen LogP contribution in [0, 0.1) is 13.8 Å². The molecule has 0 spiro atoms. The summed E-state index contributed by atoms with van der Waals surface area (Å²) in [5, 5.41) is 16.2. The molecule has 3 heterocycles. The quantitative estimate of drug-likeness (QED) is 0.128. The van der Waals surface area contributed by atoms with E-state index in [4.69, 9.17) is 4.42 Å². The maximum absolute atomic E-state index is 7.27. The van der Waals surface area contributed by atoms with Gasteiger partial charge in [0.25, 0.3) is 6.71 Å². The fourth-order valence-corrected chi connectivity index (χ4v) is 11.4. The molecule has 0 saturated carbocycles. The van der Waals surface area contributed by atoms with Crippen LogP contribution in [0.4, 0.5) is 34.1 Å². The Morgan fingerprint density at radius 1 is 0.355 bits per heavy atom. The van der Waals surface area contributed by atoms with Crippen LogP contribution in [0.25, 0.3) is 75.6 Å². The van der Waals surface area contributed by atoms with Gasteiger partial charge in [0, 0.05) is 33.2 Å². The molecular weight excluding hydrogens is 751 g/mol. The molecule has 0 fully saturated rings. The second kappa shape index (κ2) is 12.4. The number of benzene rings is 11. The van der Waals surface area contributed by atoms with Crippen LogP contribution in [0.5, 0.6) is 0 Å². The van der Waals surface area contributed by atoms with E-state index in [1.165, 1.54) is 104 Å². The predicted molar refractivity (Wildman–Crippen MR) is 265 cm³/mol. The van der Waals surface area contributed by atoms with Gasteiger partial charge in [-0.25, -0.2) is 0 Å². The maximum Gasteiger partial charge on any atom is 0.297 e. The molecule has 0 amide bonds. The number of hydrogen-bond donors (Lipinski definition) is 0. The zero-order valence-corrected chi connectivity index (χ0v) is 34.3. The van der Waals surface area contributed by atoms with Crippen molar-refractivity contribution in [2.24, 2.45) is 0 Å². The van der Waals surface area contributed by atoms with Crippen molar-refractivity contribution in [2.45, 2.75) is 13.8 Å². The molecule has 12 aromatic rings. The van der Waals surface area contributed by atoms with Crippen molar-refractivity contribution in [1.82, 2.24) is 0 Å². The van der Waals surface area contributed by atoms with Gasteiger partial charge in [0.15, 0.2) is 0 Å². The third-order valence-corrected chi connectivity index (χ3v) is 13.9. The van der Waals surface area contributed by atoms with Crippen LogP contribution in [0.2, 0.25) is 0 Å². The monoisotopic (exact) mass is 788 g/mol. The average Bonchev–Trinajstić information content (AvgIpc) is 3.69. The lowest BCUT2D eigenvalue weighted by atomic mass is 9.35. The standard InChI is InChI=1S/C58H37BN2O/c1-34-29-31-53-46(32-34)57-58(62-53)59-47-33-35(2)28-30-48(47)60(49-24-11-22-44-40-16-5-3-14-36(40)38-18-7-9-20-42(38)54(44)49)51-26-13-27-52(56(51)59)61(57)50-25-12-23-45-41-17-6-4-15-37(41)39-19-8-10-21-43(39)55(45)50/h3-33H,1-2H3. The highest BCUT2D eigenvalue weighted by Crippen LogP contribution is 2.51. The Labute approximate surface area is 358 Å². The molecule has 1 aromatic heterocycles. The fourth-order valence-electron chi connectivity index (χ4n) is 11.4. The Bertz CT molecular complexity index is 3850. The third kappa shape index (κ3) is 4.40. The topological polar surface area (TPSA) is 19.6 Å². The number of hydrogen-bond acceptors (Lipinski definition) is 3. The number of fused-ring (bicyclic) bond motifs is 18. The van der Waals surface area contributed by atoms with Crippen LogP contribution in [0.1, 0.15) is 11.1 Å². The van der Waals surface area contributed by atoms with E-state index in [1.807, 2.05) is 0 Å². The first-order chi connectivity index (χ1) is 30.6. The molecule has 3 nitrogen and oxygen atoms in total. The Kier molecular flexibility index (Phi) is 6.78. The summed E-state index contributed by atoms with van der Waals surface area (Å²) in [5.41, 5.74) is 13.7. The zero-order valence-electron chi connectivity index (χ0n) is 34.3. The highest BCUT2D eigenvalue weighted by molar-refractivity contribution is 7.00. The van der Waals surface area contributed by atoms with Crippen molar-refractivity contribution in [3.05, 3.63) is 199 Å². The Morgan fingerprint density at radius 2 is 0.774 bits per heavy atom. The highest BCUT2D eigenvalue weighted by Gasteiger charge is 2.47. The van der Waals surface area contributed by atoms with Gasteiger partial charge in [-0.3, -0.25) is 0 Å². The van der Waals surface area contributed by atoms with E-state index in [2.05, 4.69) is 212 Å². The molecule has 0 atom stereocenters. The minimum Gasteiger partial charge on any atom is -0.468 e. The van der Waals surface area contributed by atoms with Crippen LogP contribution in [0.3, 0.4) is 0 Å². The van der Waals surface area contributed by atoms with Gasteiger partial charge in [0.1, 0.15) is 5.58 Å². The van der Waals surface area contributed by atoms with Gasteiger partial charge in [-0.2, -0.15) is 0 Å². The molecule has 288 valence electrons. The molecule has 62 heavy (non-hydrogen) atoms. The van der Waals surface area contributed by atoms with Crippen LogP contribution >= 0.6 is 0 Å². The van der Waals surface area contributed by atoms with E-state index in [9.17, 15) is 0 Å². The maximum atomic E-state index is 7.27. The molecule has 0 aliphatic carbocycles. The van der Waals surface area contributed by atoms with Crippen LogP contribution in [0.15, 0.2) is 192 Å². The second-order valence-corrected chi connectivity index (χ2v) is 17.3. The molecule has 0 radical (unpaired) electrons. The molecule has 2 aliphatic heterocycles. The van der Waals surface area contributed by atoms with E-state index in [1.54, 1.807) is 0 Å². The molecule has 11 aromatic carbocycles. The predicted octanol–water partition coefficient (Wildman–Crippen LogP) is 14.1. The molecule has 0 saturated heterocycles. The smallest absolute Gasteiger partial charge is 0.297 e. The van der Waals surface area contributed by atoms with E-state index >= 15 is 0 Å². The lowest BCUT2D eigenvalue weighted by Crippen LogP contribution is -2.61. The molecular formula is C58H37BN2O. The lowest BCUT2D eigenvalue weighted by molar-refractivity contribution is 0.651. The number of aryl methyl sites for hydroxylation is 2. The molecule has 0 unspecified atom stereocenters. The van der Waals surface area contributed by atoms with Gasteiger partial charge in [-0.1, -0.05) is 157 Å². The lowest BCUT2D eigenvalue weighted by Gasteiger charge is -2.43. The SMILES string of the molecule is Cc1ccc2c(c1)B1c3oc4ccc(C)cc4c3N(c3cccc4c5ccccc5c5ccccc5c34)c3cccc(c31)N2c1cccc2c3ccccc3c3ccccc3c12. The summed E-state index contributed by atoms with van der Waals surface area (Å²) in [5.74, 6) is 0. The Balaban J connectivity index is 1.14. The summed E-state index contributed by atoms with van der Waals surface area (Å²) in [7, 11) is 0. The van der Waals surface area contributed by atoms with Crippen molar-refractivity contribution < 1.29 is 4.42 Å². The first-order valence-electron chi connectivity index (χ1n) is 21.6. The van der Waals surface area contributed by atoms with Crippen molar-refractivity contribution in [2.75, 3.05) is 9.80 Å². The van der Waals surface area contributed by atoms with E-state index in [0.717, 1.165) is 33.7 Å². The van der Waals surface area contributed by atoms with Gasteiger partial charge >= 0.3 is 0 Å². The number of anilines is 6. The molecule has 14 rings (SSSR count). The van der Waals surface area contributed by atoms with Crippen molar-refractivity contribution in [3.8, 4) is 0 Å². The summed E-state index contributed by atoms with van der Waals surface area (Å²) in [6.45, 7) is 4.27. The number of nitrogens with zero attached hydrogens (tertiary/aromatic N) is 2. The molecule has 2 aliphatic rings. The number of rotatable bonds is 2. The van der Waals surface area contributed by atoms with Crippen molar-refractivity contribution in [1.29, 1.82) is 0 Å². The summed E-state index contributed by atoms with van der Waals surface area (Å²) < 4.78 is 7.27. The van der Waals surface area contributed by atoms with E-state index in [0.29, 0.717) is 0 Å². The van der Waals surface area contributed by atoms with Crippen LogP contribution in [-0.2, 0) is 0 Å². The van der Waals surface area contributed by atoms with E-state index in [-0.39, 0.29) is 6.71 Å². The van der Waals surface area contributed by atoms with Crippen molar-refractivity contribution in [3.63, 3.8) is 0 Å². The number of furan rings is 1. The van der Waals surface area contributed by atoms with Crippen LogP contribution in [-0.4, -0.2) is 6.71 Å². The van der Waals surface area contributed by atoms with E-state index < -0.39 is 0 Å². The van der Waals surface area contributed by atoms with Gasteiger partial charge in [-0.05, 0) is 121 Å². The fraction of sp³-hybridized carbons (Fsp3) is 0.0345. The largest absolute Gasteiger partial charge is 0.468 e. The van der Waals surface area contributed by atoms with Gasteiger partial charge in [0.05, 0.1) is 22.7 Å². The van der Waals surface area contributed by atoms with Crippen LogP contribution < -0.4 is 26.4 Å². The summed E-state index contributed by atoms with van der Waals surface area (Å²) in [4.78, 5) is 5.10. The Hall–Kier alpha value is -7.82. The molecule has 0 bridgehead atoms. The average molecular weight is 789 g/mol. The normalized spacial score (nSPS) is 13.2. The van der Waals surface area contributed by atoms with Gasteiger partial charge in [0.2, 0.25) is 0 Å². The van der Waals surface area contributed by atoms with Gasteiger partial charge < -0.3 is 14.2 Å². The third-order valence-electron chi connectivity index (χ3n) is 13.9. The van der Waals surface area contributed by atoms with Crippen molar-refractivity contribution >= 4 is 133 Å². The minimum absolute atomic E-state index is 0.133.